The van der Waals surface area contributed by atoms with Crippen LogP contribution >= 0.6 is 0 Å². The highest BCUT2D eigenvalue weighted by Crippen LogP contribution is 2.59. The van der Waals surface area contributed by atoms with Crippen molar-refractivity contribution < 1.29 is 14.3 Å². The summed E-state index contributed by atoms with van der Waals surface area (Å²) in [7, 11) is 0. The average molecular weight is 404 g/mol. The van der Waals surface area contributed by atoms with Gasteiger partial charge in [-0.05, 0) is 82.7 Å². The third-order valence-corrected chi connectivity index (χ3v) is 7.62. The Hall–Kier alpha value is -1.56. The zero-order valence-electron chi connectivity index (χ0n) is 17.9. The van der Waals surface area contributed by atoms with Crippen molar-refractivity contribution in [2.75, 3.05) is 39.3 Å². The van der Waals surface area contributed by atoms with Crippen molar-refractivity contribution >= 4 is 12.0 Å². The molecule has 2 saturated heterocycles. The van der Waals surface area contributed by atoms with Gasteiger partial charge in [0.1, 0.15) is 0 Å². The molecule has 1 spiro atoms. The number of rotatable bonds is 5. The van der Waals surface area contributed by atoms with Gasteiger partial charge in [0.2, 0.25) is 5.91 Å². The minimum absolute atomic E-state index is 0.199. The van der Waals surface area contributed by atoms with E-state index in [4.69, 9.17) is 4.74 Å². The van der Waals surface area contributed by atoms with Crippen LogP contribution in [0.4, 0.5) is 4.79 Å². The Kier molecular flexibility index (Phi) is 6.47. The van der Waals surface area contributed by atoms with Crippen molar-refractivity contribution in [3.05, 3.63) is 12.2 Å². The van der Waals surface area contributed by atoms with Gasteiger partial charge in [-0.15, -0.1) is 0 Å². The summed E-state index contributed by atoms with van der Waals surface area (Å²) in [5, 5.41) is 3.28. The summed E-state index contributed by atoms with van der Waals surface area (Å²) in [6.07, 6.45) is 13.3. The highest BCUT2D eigenvalue weighted by molar-refractivity contribution is 5.83. The van der Waals surface area contributed by atoms with Crippen molar-refractivity contribution in [2.45, 2.75) is 64.3 Å². The first-order chi connectivity index (χ1) is 14.1. The molecular weight excluding hydrogens is 366 g/mol. The third-order valence-electron chi connectivity index (χ3n) is 7.62. The molecule has 0 aromatic rings. The van der Waals surface area contributed by atoms with E-state index >= 15 is 0 Å². The second-order valence-corrected chi connectivity index (χ2v) is 9.54. The first-order valence-corrected chi connectivity index (χ1v) is 11.7. The van der Waals surface area contributed by atoms with Crippen molar-refractivity contribution in [3.8, 4) is 0 Å². The van der Waals surface area contributed by atoms with Gasteiger partial charge in [0.25, 0.3) is 0 Å². The summed E-state index contributed by atoms with van der Waals surface area (Å²) in [6, 6.07) is 0.199. The molecule has 2 aliphatic carbocycles. The molecule has 6 heteroatoms. The minimum atomic E-state index is -0.227. The predicted octanol–water partition coefficient (Wildman–Crippen LogP) is 3.18. The summed E-state index contributed by atoms with van der Waals surface area (Å²) in [5.74, 6) is 1.30. The lowest BCUT2D eigenvalue weighted by atomic mass is 9.88. The number of piperidine rings is 2. The molecule has 1 saturated carbocycles. The van der Waals surface area contributed by atoms with E-state index in [9.17, 15) is 9.59 Å². The summed E-state index contributed by atoms with van der Waals surface area (Å²) in [4.78, 5) is 29.0. The first-order valence-electron chi connectivity index (χ1n) is 11.7. The lowest BCUT2D eigenvalue weighted by molar-refractivity contribution is -0.124. The monoisotopic (exact) mass is 403 g/mol. The molecule has 0 aromatic carbocycles. The van der Waals surface area contributed by atoms with E-state index in [0.717, 1.165) is 38.3 Å². The fourth-order valence-electron chi connectivity index (χ4n) is 5.56. The number of allylic oxidation sites excluding steroid dienone is 2. The molecule has 2 heterocycles. The number of ether oxygens (including phenoxy) is 1. The molecule has 6 nitrogen and oxygen atoms in total. The molecule has 2 atom stereocenters. The Bertz CT molecular complexity index is 619. The molecule has 3 fully saturated rings. The van der Waals surface area contributed by atoms with E-state index in [2.05, 4.69) is 22.4 Å². The molecule has 4 rings (SSSR count). The fraction of sp³-hybridized carbons (Fsp3) is 0.826. The number of likely N-dealkylation sites (tertiary alicyclic amines) is 2. The Morgan fingerprint density at radius 1 is 1.10 bits per heavy atom. The molecule has 29 heavy (non-hydrogen) atoms. The van der Waals surface area contributed by atoms with Gasteiger partial charge in [0.15, 0.2) is 0 Å². The Morgan fingerprint density at radius 3 is 2.52 bits per heavy atom. The summed E-state index contributed by atoms with van der Waals surface area (Å²) < 4.78 is 5.07. The van der Waals surface area contributed by atoms with Crippen LogP contribution in [0.3, 0.4) is 0 Å². The van der Waals surface area contributed by atoms with Crippen LogP contribution < -0.4 is 5.32 Å². The van der Waals surface area contributed by atoms with Crippen LogP contribution in [0.1, 0.15) is 58.3 Å². The molecule has 0 bridgehead atoms. The second kappa shape index (κ2) is 9.07. The Balaban J connectivity index is 1.16. The number of carbonyl (C=O) groups excluding carboxylic acids is 2. The van der Waals surface area contributed by atoms with E-state index in [1.54, 1.807) is 4.90 Å². The van der Waals surface area contributed by atoms with Gasteiger partial charge in [0.05, 0.1) is 6.61 Å². The summed E-state index contributed by atoms with van der Waals surface area (Å²) in [6.45, 7) is 7.12. The van der Waals surface area contributed by atoms with Gasteiger partial charge in [-0.2, -0.15) is 0 Å². The van der Waals surface area contributed by atoms with Crippen molar-refractivity contribution in [1.82, 2.24) is 15.1 Å². The Morgan fingerprint density at radius 2 is 1.86 bits per heavy atom. The van der Waals surface area contributed by atoms with Crippen molar-refractivity contribution in [3.63, 3.8) is 0 Å². The molecule has 2 aliphatic heterocycles. The molecule has 2 amide bonds. The number of nitrogens with zero attached hydrogens (tertiary/aromatic N) is 2. The maximum atomic E-state index is 12.8. The van der Waals surface area contributed by atoms with Gasteiger partial charge in [-0.1, -0.05) is 12.2 Å². The third kappa shape index (κ3) is 4.96. The van der Waals surface area contributed by atoms with Crippen LogP contribution in [0.15, 0.2) is 12.2 Å². The highest BCUT2D eigenvalue weighted by atomic mass is 16.6. The van der Waals surface area contributed by atoms with Crippen LogP contribution in [0.25, 0.3) is 0 Å². The van der Waals surface area contributed by atoms with Crippen LogP contribution in [-0.4, -0.2) is 67.2 Å². The van der Waals surface area contributed by atoms with E-state index in [1.807, 2.05) is 6.92 Å². The molecule has 0 aromatic heterocycles. The van der Waals surface area contributed by atoms with Gasteiger partial charge in [0, 0.05) is 31.6 Å². The number of hydrogen-bond donors (Lipinski definition) is 1. The van der Waals surface area contributed by atoms with Crippen LogP contribution in [0.2, 0.25) is 0 Å². The van der Waals surface area contributed by atoms with Gasteiger partial charge >= 0.3 is 6.09 Å². The van der Waals surface area contributed by atoms with Crippen LogP contribution in [0, 0.1) is 17.3 Å². The minimum Gasteiger partial charge on any atom is -0.450 e. The maximum Gasteiger partial charge on any atom is 0.409 e. The molecule has 0 radical (unpaired) electrons. The predicted molar refractivity (Wildman–Crippen MR) is 112 cm³/mol. The van der Waals surface area contributed by atoms with Crippen LogP contribution in [-0.2, 0) is 9.53 Å². The lowest BCUT2D eigenvalue weighted by Gasteiger charge is -2.35. The van der Waals surface area contributed by atoms with Crippen molar-refractivity contribution in [2.24, 2.45) is 17.3 Å². The number of hydrogen-bond acceptors (Lipinski definition) is 4. The summed E-state index contributed by atoms with van der Waals surface area (Å²) >= 11 is 0. The lowest BCUT2D eigenvalue weighted by Crippen LogP contribution is -2.47. The number of amides is 2. The van der Waals surface area contributed by atoms with Crippen molar-refractivity contribution in [1.29, 1.82) is 0 Å². The zero-order chi connectivity index (χ0) is 20.3. The highest BCUT2D eigenvalue weighted by Gasteiger charge is 2.58. The van der Waals surface area contributed by atoms with Gasteiger partial charge < -0.3 is 19.9 Å². The Labute approximate surface area is 175 Å². The largest absolute Gasteiger partial charge is 0.450 e. The SMILES string of the molecule is CCOC(=O)N1CCC(NC(=O)C2CC23CCN(CC2CC=CCC2)CC3)CC1. The normalized spacial score (nSPS) is 29.6. The molecule has 1 N–H and O–H groups in total. The van der Waals surface area contributed by atoms with E-state index in [-0.39, 0.29) is 29.4 Å². The maximum absolute atomic E-state index is 12.8. The van der Waals surface area contributed by atoms with Gasteiger partial charge in [-0.3, -0.25) is 4.79 Å². The summed E-state index contributed by atoms with van der Waals surface area (Å²) in [5.41, 5.74) is 0.276. The fourth-order valence-corrected chi connectivity index (χ4v) is 5.56. The quantitative estimate of drug-likeness (QED) is 0.716. The van der Waals surface area contributed by atoms with E-state index in [0.29, 0.717) is 19.7 Å². The van der Waals surface area contributed by atoms with Gasteiger partial charge in [-0.25, -0.2) is 4.79 Å². The van der Waals surface area contributed by atoms with E-state index < -0.39 is 0 Å². The zero-order valence-corrected chi connectivity index (χ0v) is 17.9. The smallest absolute Gasteiger partial charge is 0.409 e. The van der Waals surface area contributed by atoms with E-state index in [1.165, 1.54) is 38.6 Å². The van der Waals surface area contributed by atoms with Crippen LogP contribution in [0.5, 0.6) is 0 Å². The standard InChI is InChI=1S/C23H37N3O3/c1-2-29-22(28)26-12-8-19(9-13-26)24-21(27)20-16-23(20)10-14-25(15-11-23)17-18-6-4-3-5-7-18/h3-4,18-20H,2,5-17H2,1H3,(H,24,27). The number of nitrogens with one attached hydrogen (secondary N) is 1. The molecule has 162 valence electrons. The number of carbonyl (C=O) groups is 2. The molecule has 4 aliphatic rings. The topological polar surface area (TPSA) is 61.9 Å². The molecule has 2 unspecified atom stereocenters. The average Bonchev–Trinajstić information content (AvgIpc) is 3.45. The first kappa shape index (κ1) is 20.7. The second-order valence-electron chi connectivity index (χ2n) is 9.54. The molecular formula is C23H37N3O3.